The van der Waals surface area contributed by atoms with Crippen molar-refractivity contribution in [3.05, 3.63) is 42.6 Å². The standard InChI is InChI=1S/C23H29N9/c24-5-3-4-18-11-21(30-23(25)29-18)20-14-27-22-19(20)10-16(12-26-22)17-13-28-32(15-17)9-8-31-6-1-2-7-31/h10-15H,1-9,24H2,(H,26,27)(H2,25,29,30). The van der Waals surface area contributed by atoms with Crippen LogP contribution in [0.1, 0.15) is 25.0 Å². The van der Waals surface area contributed by atoms with Gasteiger partial charge in [0.1, 0.15) is 5.65 Å². The summed E-state index contributed by atoms with van der Waals surface area (Å²) in [7, 11) is 0. The predicted molar refractivity (Wildman–Crippen MR) is 126 cm³/mol. The zero-order valence-electron chi connectivity index (χ0n) is 18.2. The highest BCUT2D eigenvalue weighted by Crippen LogP contribution is 2.30. The summed E-state index contributed by atoms with van der Waals surface area (Å²) in [5.74, 6) is 0.271. The third-order valence-electron chi connectivity index (χ3n) is 6.05. The zero-order chi connectivity index (χ0) is 21.9. The molecule has 0 bridgehead atoms. The molecule has 1 aliphatic heterocycles. The Morgan fingerprint density at radius 2 is 1.91 bits per heavy atom. The van der Waals surface area contributed by atoms with E-state index in [1.165, 1.54) is 25.9 Å². The lowest BCUT2D eigenvalue weighted by molar-refractivity contribution is 0.316. The molecule has 4 aromatic rings. The minimum absolute atomic E-state index is 0.271. The topological polar surface area (TPSA) is 128 Å². The van der Waals surface area contributed by atoms with Crippen molar-refractivity contribution in [2.45, 2.75) is 32.2 Å². The number of nitrogens with one attached hydrogen (secondary N) is 1. The molecule has 4 aromatic heterocycles. The highest BCUT2D eigenvalue weighted by Gasteiger charge is 2.14. The van der Waals surface area contributed by atoms with Gasteiger partial charge in [0.05, 0.1) is 18.4 Å². The average Bonchev–Trinajstić information content (AvgIpc) is 3.56. The van der Waals surface area contributed by atoms with E-state index in [1.807, 2.05) is 29.3 Å². The first kappa shape index (κ1) is 20.6. The van der Waals surface area contributed by atoms with Gasteiger partial charge in [0.15, 0.2) is 0 Å². The Bertz CT molecular complexity index is 1200. The van der Waals surface area contributed by atoms with E-state index in [0.29, 0.717) is 6.54 Å². The lowest BCUT2D eigenvalue weighted by atomic mass is 10.1. The molecule has 32 heavy (non-hydrogen) atoms. The molecule has 1 fully saturated rings. The van der Waals surface area contributed by atoms with Gasteiger partial charge in [-0.25, -0.2) is 15.0 Å². The maximum atomic E-state index is 5.98. The van der Waals surface area contributed by atoms with E-state index >= 15 is 0 Å². The molecule has 0 saturated carbocycles. The molecule has 0 atom stereocenters. The highest BCUT2D eigenvalue weighted by molar-refractivity contribution is 5.95. The minimum Gasteiger partial charge on any atom is -0.368 e. The van der Waals surface area contributed by atoms with E-state index in [0.717, 1.165) is 65.0 Å². The fourth-order valence-electron chi connectivity index (χ4n) is 4.33. The van der Waals surface area contributed by atoms with Crippen LogP contribution in [0.4, 0.5) is 5.95 Å². The number of aromatic amines is 1. The fraction of sp³-hybridized carbons (Fsp3) is 0.391. The number of nitrogens with zero attached hydrogens (tertiary/aromatic N) is 6. The Morgan fingerprint density at radius 1 is 1.03 bits per heavy atom. The van der Waals surface area contributed by atoms with E-state index in [4.69, 9.17) is 11.5 Å². The number of pyridine rings is 1. The quantitative estimate of drug-likeness (QED) is 0.391. The summed E-state index contributed by atoms with van der Waals surface area (Å²) in [4.78, 5) is 19.2. The molecule has 0 aliphatic carbocycles. The predicted octanol–water partition coefficient (Wildman–Crippen LogP) is 2.45. The van der Waals surface area contributed by atoms with Gasteiger partial charge in [-0.1, -0.05) is 0 Å². The second-order valence-corrected chi connectivity index (χ2v) is 8.36. The number of rotatable bonds is 8. The van der Waals surface area contributed by atoms with E-state index < -0.39 is 0 Å². The molecule has 5 rings (SSSR count). The summed E-state index contributed by atoms with van der Waals surface area (Å²) in [6.07, 6.45) is 12.1. The minimum atomic E-state index is 0.271. The summed E-state index contributed by atoms with van der Waals surface area (Å²) >= 11 is 0. The normalized spacial score (nSPS) is 14.5. The molecule has 0 radical (unpaired) electrons. The van der Waals surface area contributed by atoms with Crippen molar-refractivity contribution >= 4 is 17.0 Å². The summed E-state index contributed by atoms with van der Waals surface area (Å²) in [6, 6.07) is 4.12. The van der Waals surface area contributed by atoms with Gasteiger partial charge in [0.2, 0.25) is 5.95 Å². The molecule has 166 valence electrons. The lowest BCUT2D eigenvalue weighted by Crippen LogP contribution is -2.24. The summed E-state index contributed by atoms with van der Waals surface area (Å²) < 4.78 is 2.02. The lowest BCUT2D eigenvalue weighted by Gasteiger charge is -2.13. The van der Waals surface area contributed by atoms with Crippen LogP contribution >= 0.6 is 0 Å². The van der Waals surface area contributed by atoms with Gasteiger partial charge in [0, 0.05) is 52.9 Å². The van der Waals surface area contributed by atoms with E-state index in [1.54, 1.807) is 0 Å². The van der Waals surface area contributed by atoms with Crippen LogP contribution in [0.5, 0.6) is 0 Å². The first-order valence-corrected chi connectivity index (χ1v) is 11.3. The number of nitrogen functional groups attached to an aromatic ring is 1. The van der Waals surface area contributed by atoms with Crippen LogP contribution in [0.3, 0.4) is 0 Å². The number of aromatic nitrogens is 6. The third-order valence-corrected chi connectivity index (χ3v) is 6.05. The maximum absolute atomic E-state index is 5.98. The Labute approximate surface area is 186 Å². The SMILES string of the molecule is NCCCc1cc(-c2c[nH]c3ncc(-c4cnn(CCN5CCCC5)c4)cc23)nc(N)n1. The average molecular weight is 432 g/mol. The van der Waals surface area contributed by atoms with Gasteiger partial charge in [0.25, 0.3) is 0 Å². The number of aryl methyl sites for hydroxylation is 1. The van der Waals surface area contributed by atoms with Crippen LogP contribution in [0, 0.1) is 0 Å². The van der Waals surface area contributed by atoms with Gasteiger partial charge in [-0.05, 0) is 57.5 Å². The second kappa shape index (κ2) is 9.05. The van der Waals surface area contributed by atoms with Crippen LogP contribution in [-0.4, -0.2) is 60.8 Å². The smallest absolute Gasteiger partial charge is 0.220 e. The molecular formula is C23H29N9. The van der Waals surface area contributed by atoms with E-state index in [-0.39, 0.29) is 5.95 Å². The van der Waals surface area contributed by atoms with Gasteiger partial charge in [-0.3, -0.25) is 4.68 Å². The molecule has 0 amide bonds. The number of H-pyrrole nitrogens is 1. The van der Waals surface area contributed by atoms with Crippen LogP contribution in [0.2, 0.25) is 0 Å². The maximum Gasteiger partial charge on any atom is 0.220 e. The number of hydrogen-bond donors (Lipinski definition) is 3. The van der Waals surface area contributed by atoms with Crippen molar-refractivity contribution in [1.82, 2.24) is 34.6 Å². The molecule has 9 heteroatoms. The van der Waals surface area contributed by atoms with Crippen molar-refractivity contribution in [1.29, 1.82) is 0 Å². The molecule has 1 saturated heterocycles. The number of anilines is 1. The molecule has 5 N–H and O–H groups in total. The van der Waals surface area contributed by atoms with Crippen LogP contribution < -0.4 is 11.5 Å². The van der Waals surface area contributed by atoms with Crippen molar-refractivity contribution in [2.75, 3.05) is 31.9 Å². The molecule has 1 aliphatic rings. The van der Waals surface area contributed by atoms with Gasteiger partial charge in [-0.2, -0.15) is 5.10 Å². The molecular weight excluding hydrogens is 402 g/mol. The zero-order valence-corrected chi connectivity index (χ0v) is 18.2. The largest absolute Gasteiger partial charge is 0.368 e. The van der Waals surface area contributed by atoms with Crippen molar-refractivity contribution < 1.29 is 0 Å². The van der Waals surface area contributed by atoms with Gasteiger partial charge < -0.3 is 21.4 Å². The van der Waals surface area contributed by atoms with E-state index in [2.05, 4.69) is 42.2 Å². The van der Waals surface area contributed by atoms with Crippen LogP contribution in [0.25, 0.3) is 33.4 Å². The molecule has 9 nitrogen and oxygen atoms in total. The fourth-order valence-corrected chi connectivity index (χ4v) is 4.33. The van der Waals surface area contributed by atoms with Crippen molar-refractivity contribution in [3.8, 4) is 22.4 Å². The van der Waals surface area contributed by atoms with Crippen molar-refractivity contribution in [3.63, 3.8) is 0 Å². The Balaban J connectivity index is 1.41. The van der Waals surface area contributed by atoms with Crippen LogP contribution in [-0.2, 0) is 13.0 Å². The molecule has 0 unspecified atom stereocenters. The Hall–Kier alpha value is -3.30. The van der Waals surface area contributed by atoms with Gasteiger partial charge in [-0.15, -0.1) is 0 Å². The monoisotopic (exact) mass is 431 g/mol. The summed E-state index contributed by atoms with van der Waals surface area (Å²) in [5, 5.41) is 5.56. The number of fused-ring (bicyclic) bond motifs is 1. The summed E-state index contributed by atoms with van der Waals surface area (Å²) in [6.45, 7) is 4.96. The Morgan fingerprint density at radius 3 is 2.75 bits per heavy atom. The second-order valence-electron chi connectivity index (χ2n) is 8.36. The Kier molecular flexibility index (Phi) is 5.83. The summed E-state index contributed by atoms with van der Waals surface area (Å²) in [5.41, 5.74) is 17.2. The number of hydrogen-bond acceptors (Lipinski definition) is 7. The third kappa shape index (κ3) is 4.35. The van der Waals surface area contributed by atoms with Crippen LogP contribution in [0.15, 0.2) is 36.9 Å². The van der Waals surface area contributed by atoms with E-state index in [9.17, 15) is 0 Å². The molecule has 0 aromatic carbocycles. The first-order valence-electron chi connectivity index (χ1n) is 11.3. The first-order chi connectivity index (χ1) is 15.7. The van der Waals surface area contributed by atoms with Gasteiger partial charge >= 0.3 is 0 Å². The number of likely N-dealkylation sites (tertiary alicyclic amines) is 1. The van der Waals surface area contributed by atoms with Crippen molar-refractivity contribution in [2.24, 2.45) is 5.73 Å². The number of nitrogens with two attached hydrogens (primary N) is 2. The molecule has 0 spiro atoms. The highest BCUT2D eigenvalue weighted by atomic mass is 15.3. The molecule has 5 heterocycles.